The van der Waals surface area contributed by atoms with Crippen LogP contribution in [-0.2, 0) is 0 Å². The quantitative estimate of drug-likeness (QED) is 0.722. The summed E-state index contributed by atoms with van der Waals surface area (Å²) in [6.07, 6.45) is 5.62. The average molecular weight is 282 g/mol. The number of thioether (sulfide) groups is 1. The molecule has 1 aromatic carbocycles. The number of nitrogens with one attached hydrogen (secondary N) is 1. The van der Waals surface area contributed by atoms with Gasteiger partial charge in [0, 0.05) is 16.7 Å². The molecule has 20 heavy (non-hydrogen) atoms. The predicted octanol–water partition coefficient (Wildman–Crippen LogP) is 3.44. The van der Waals surface area contributed by atoms with E-state index in [9.17, 15) is 0 Å². The van der Waals surface area contributed by atoms with Gasteiger partial charge in [-0.05, 0) is 36.1 Å². The van der Waals surface area contributed by atoms with Crippen LogP contribution in [0.2, 0.25) is 0 Å². The van der Waals surface area contributed by atoms with Crippen molar-refractivity contribution in [3.63, 3.8) is 0 Å². The topological polar surface area (TPSA) is 67.6 Å². The SMILES string of the molecule is CSc1ccc(-c2cnc(-c3ccc(N)nc3)[nH]2)cc1. The Kier molecular flexibility index (Phi) is 3.43. The highest BCUT2D eigenvalue weighted by molar-refractivity contribution is 7.98. The van der Waals surface area contributed by atoms with Crippen LogP contribution in [0.4, 0.5) is 5.82 Å². The van der Waals surface area contributed by atoms with Gasteiger partial charge in [0.2, 0.25) is 0 Å². The molecule has 0 aliphatic heterocycles. The minimum atomic E-state index is 0.508. The van der Waals surface area contributed by atoms with Crippen molar-refractivity contribution < 1.29 is 0 Å². The smallest absolute Gasteiger partial charge is 0.139 e. The first-order chi connectivity index (χ1) is 9.76. The number of nitrogens with zero attached hydrogens (tertiary/aromatic N) is 2. The Bertz CT molecular complexity index is 701. The van der Waals surface area contributed by atoms with Crippen molar-refractivity contribution >= 4 is 17.6 Å². The maximum atomic E-state index is 5.58. The molecule has 0 bridgehead atoms. The minimum Gasteiger partial charge on any atom is -0.384 e. The second-order valence-corrected chi connectivity index (χ2v) is 5.23. The number of nitrogen functional groups attached to an aromatic ring is 1. The van der Waals surface area contributed by atoms with Crippen LogP contribution in [-0.4, -0.2) is 21.2 Å². The van der Waals surface area contributed by atoms with E-state index in [0.717, 1.165) is 22.6 Å². The second kappa shape index (κ2) is 5.38. The number of benzene rings is 1. The van der Waals surface area contributed by atoms with E-state index in [1.165, 1.54) is 4.90 Å². The summed E-state index contributed by atoms with van der Waals surface area (Å²) in [6.45, 7) is 0. The van der Waals surface area contributed by atoms with Gasteiger partial charge in [-0.15, -0.1) is 11.8 Å². The molecule has 0 spiro atoms. The summed E-state index contributed by atoms with van der Waals surface area (Å²) < 4.78 is 0. The van der Waals surface area contributed by atoms with Gasteiger partial charge >= 0.3 is 0 Å². The van der Waals surface area contributed by atoms with Crippen LogP contribution in [0.1, 0.15) is 0 Å². The third-order valence-electron chi connectivity index (χ3n) is 3.04. The van der Waals surface area contributed by atoms with Gasteiger partial charge in [0.05, 0.1) is 11.9 Å². The van der Waals surface area contributed by atoms with Crippen LogP contribution in [0.15, 0.2) is 53.7 Å². The predicted molar refractivity (Wildman–Crippen MR) is 83.4 cm³/mol. The fraction of sp³-hybridized carbons (Fsp3) is 0.0667. The molecule has 0 unspecified atom stereocenters. The number of pyridine rings is 1. The minimum absolute atomic E-state index is 0.508. The summed E-state index contributed by atoms with van der Waals surface area (Å²) in [4.78, 5) is 13.0. The van der Waals surface area contributed by atoms with Crippen molar-refractivity contribution in [3.8, 4) is 22.6 Å². The second-order valence-electron chi connectivity index (χ2n) is 4.35. The number of hydrogen-bond donors (Lipinski definition) is 2. The normalized spacial score (nSPS) is 10.7. The third-order valence-corrected chi connectivity index (χ3v) is 3.78. The fourth-order valence-electron chi connectivity index (χ4n) is 1.93. The molecule has 0 saturated heterocycles. The summed E-state index contributed by atoms with van der Waals surface area (Å²) in [6, 6.07) is 12.1. The molecule has 0 atom stereocenters. The van der Waals surface area contributed by atoms with Gasteiger partial charge in [-0.3, -0.25) is 0 Å². The van der Waals surface area contributed by atoms with Crippen molar-refractivity contribution in [2.45, 2.75) is 4.90 Å². The van der Waals surface area contributed by atoms with E-state index in [1.54, 1.807) is 24.0 Å². The number of aromatic nitrogens is 3. The Morgan fingerprint density at radius 1 is 0.950 bits per heavy atom. The van der Waals surface area contributed by atoms with Crippen molar-refractivity contribution in [1.82, 2.24) is 15.0 Å². The molecule has 2 heterocycles. The van der Waals surface area contributed by atoms with Gasteiger partial charge in [-0.1, -0.05) is 12.1 Å². The molecule has 0 fully saturated rings. The first-order valence-corrected chi connectivity index (χ1v) is 7.40. The van der Waals surface area contributed by atoms with Crippen molar-refractivity contribution in [2.24, 2.45) is 0 Å². The Balaban J connectivity index is 1.91. The molecule has 0 aliphatic rings. The highest BCUT2D eigenvalue weighted by Crippen LogP contribution is 2.24. The van der Waals surface area contributed by atoms with Crippen LogP contribution in [0.5, 0.6) is 0 Å². The molecule has 0 aliphatic carbocycles. The van der Waals surface area contributed by atoms with Gasteiger partial charge in [-0.2, -0.15) is 0 Å². The van der Waals surface area contributed by atoms with Gasteiger partial charge in [0.25, 0.3) is 0 Å². The largest absolute Gasteiger partial charge is 0.384 e. The van der Waals surface area contributed by atoms with Gasteiger partial charge in [0.15, 0.2) is 0 Å². The van der Waals surface area contributed by atoms with E-state index in [1.807, 2.05) is 12.3 Å². The molecular weight excluding hydrogens is 268 g/mol. The Hall–Kier alpha value is -2.27. The molecule has 0 amide bonds. The molecule has 0 saturated carbocycles. The average Bonchev–Trinajstić information content (AvgIpc) is 2.98. The molecule has 3 rings (SSSR count). The molecule has 2 aromatic heterocycles. The van der Waals surface area contributed by atoms with E-state index in [2.05, 4.69) is 45.5 Å². The summed E-state index contributed by atoms with van der Waals surface area (Å²) >= 11 is 1.73. The summed E-state index contributed by atoms with van der Waals surface area (Å²) in [5.74, 6) is 1.30. The van der Waals surface area contributed by atoms with E-state index in [-0.39, 0.29) is 0 Å². The zero-order valence-corrected chi connectivity index (χ0v) is 11.8. The zero-order chi connectivity index (χ0) is 13.9. The lowest BCUT2D eigenvalue weighted by Gasteiger charge is -2.00. The number of anilines is 1. The Morgan fingerprint density at radius 3 is 2.35 bits per heavy atom. The molecule has 3 aromatic rings. The van der Waals surface area contributed by atoms with Crippen LogP contribution < -0.4 is 5.73 Å². The lowest BCUT2D eigenvalue weighted by molar-refractivity contribution is 1.26. The molecule has 3 N–H and O–H groups in total. The third kappa shape index (κ3) is 2.53. The van der Waals surface area contributed by atoms with Crippen LogP contribution in [0, 0.1) is 0 Å². The van der Waals surface area contributed by atoms with Crippen molar-refractivity contribution in [3.05, 3.63) is 48.8 Å². The summed E-state index contributed by atoms with van der Waals surface area (Å²) in [7, 11) is 0. The van der Waals surface area contributed by atoms with E-state index >= 15 is 0 Å². The van der Waals surface area contributed by atoms with E-state index < -0.39 is 0 Å². The maximum Gasteiger partial charge on any atom is 0.139 e. The fourth-order valence-corrected chi connectivity index (χ4v) is 2.34. The molecule has 5 heteroatoms. The monoisotopic (exact) mass is 282 g/mol. The van der Waals surface area contributed by atoms with Crippen LogP contribution in [0.25, 0.3) is 22.6 Å². The molecule has 100 valence electrons. The number of H-pyrrole nitrogens is 1. The zero-order valence-electron chi connectivity index (χ0n) is 11.0. The van der Waals surface area contributed by atoms with Crippen molar-refractivity contribution in [1.29, 1.82) is 0 Å². The highest BCUT2D eigenvalue weighted by Gasteiger charge is 2.05. The number of imidazole rings is 1. The highest BCUT2D eigenvalue weighted by atomic mass is 32.2. The van der Waals surface area contributed by atoms with Crippen LogP contribution in [0.3, 0.4) is 0 Å². The van der Waals surface area contributed by atoms with E-state index in [4.69, 9.17) is 5.73 Å². The molecule has 4 nitrogen and oxygen atoms in total. The lowest BCUT2D eigenvalue weighted by Crippen LogP contribution is -1.89. The number of nitrogens with two attached hydrogens (primary N) is 1. The van der Waals surface area contributed by atoms with Gasteiger partial charge < -0.3 is 10.7 Å². The van der Waals surface area contributed by atoms with Gasteiger partial charge in [0.1, 0.15) is 11.6 Å². The lowest BCUT2D eigenvalue weighted by atomic mass is 10.2. The van der Waals surface area contributed by atoms with E-state index in [0.29, 0.717) is 5.82 Å². The first kappa shape index (κ1) is 12.7. The maximum absolute atomic E-state index is 5.58. The molecule has 0 radical (unpaired) electrons. The van der Waals surface area contributed by atoms with Crippen molar-refractivity contribution in [2.75, 3.05) is 12.0 Å². The summed E-state index contributed by atoms with van der Waals surface area (Å²) in [5, 5.41) is 0. The standard InChI is InChI=1S/C15H14N4S/c1-20-12-5-2-10(3-6-12)13-9-18-15(19-13)11-4-7-14(16)17-8-11/h2-9H,1H3,(H2,16,17)(H,18,19). The summed E-state index contributed by atoms with van der Waals surface area (Å²) in [5.41, 5.74) is 8.61. The number of hydrogen-bond acceptors (Lipinski definition) is 4. The number of rotatable bonds is 3. The number of aromatic amines is 1. The Labute approximate surface area is 121 Å². The van der Waals surface area contributed by atoms with Crippen LogP contribution >= 0.6 is 11.8 Å². The van der Waals surface area contributed by atoms with Gasteiger partial charge in [-0.25, -0.2) is 9.97 Å². The Morgan fingerprint density at radius 2 is 1.70 bits per heavy atom. The first-order valence-electron chi connectivity index (χ1n) is 6.17. The molecular formula is C15H14N4S.